The molecule has 0 unspecified atom stereocenters. The van der Waals surface area contributed by atoms with Gasteiger partial charge in [0.05, 0.1) is 30.0 Å². The van der Waals surface area contributed by atoms with E-state index in [2.05, 4.69) is 30.4 Å². The summed E-state index contributed by atoms with van der Waals surface area (Å²) in [5.74, 6) is 0.585. The lowest BCUT2D eigenvalue weighted by atomic mass is 9.99. The molecule has 2 aromatic carbocycles. The number of hydrogen-bond donors (Lipinski definition) is 1. The molecule has 10 heteroatoms. The largest absolute Gasteiger partial charge is 0.297 e. The van der Waals surface area contributed by atoms with Crippen LogP contribution in [-0.4, -0.2) is 29.2 Å². The predicted molar refractivity (Wildman–Crippen MR) is 140 cm³/mol. The Morgan fingerprint density at radius 2 is 1.89 bits per heavy atom. The van der Waals surface area contributed by atoms with Crippen LogP contribution in [0.2, 0.25) is 0 Å². The number of hydrogen-bond acceptors (Lipinski definition) is 5. The summed E-state index contributed by atoms with van der Waals surface area (Å²) in [5.41, 5.74) is 4.02. The number of nitrogens with one attached hydrogen (secondary N) is 2. The number of H-pyrrole nitrogens is 1. The van der Waals surface area contributed by atoms with Crippen LogP contribution in [0.25, 0.3) is 37.9 Å². The van der Waals surface area contributed by atoms with Crippen LogP contribution >= 0.6 is 0 Å². The van der Waals surface area contributed by atoms with Crippen molar-refractivity contribution in [2.45, 2.75) is 13.0 Å². The summed E-state index contributed by atoms with van der Waals surface area (Å²) in [4.78, 5) is 20.9. The van der Waals surface area contributed by atoms with E-state index in [-0.39, 0.29) is 11.6 Å². The van der Waals surface area contributed by atoms with Crippen LogP contribution in [0, 0.1) is 6.57 Å². The van der Waals surface area contributed by atoms with Crippen LogP contribution < -0.4 is 15.9 Å². The van der Waals surface area contributed by atoms with Crippen molar-refractivity contribution in [3.05, 3.63) is 107 Å². The zero-order chi connectivity index (χ0) is 25.5. The first kappa shape index (κ1) is 22.2. The van der Waals surface area contributed by atoms with Crippen molar-refractivity contribution in [3.8, 4) is 16.8 Å². The molecule has 4 aromatic heterocycles. The second kappa shape index (κ2) is 8.73. The number of aromatic nitrogens is 7. The van der Waals surface area contributed by atoms with Gasteiger partial charge in [-0.25, -0.2) is 9.83 Å². The SMILES string of the molecule is [C-]#[N+]c1cnn2nc[nH+]c(N[C@@H](C)c3cc4cccc(-c5cnn(C)c5)c4c(=O)n3-c3ccccc3)c12. The maximum absolute atomic E-state index is 14.2. The Morgan fingerprint density at radius 1 is 1.05 bits per heavy atom. The van der Waals surface area contributed by atoms with Crippen molar-refractivity contribution < 1.29 is 4.98 Å². The van der Waals surface area contributed by atoms with Gasteiger partial charge in [-0.05, 0) is 41.2 Å². The predicted octanol–water partition coefficient (Wildman–Crippen LogP) is 3.97. The summed E-state index contributed by atoms with van der Waals surface area (Å²) in [7, 11) is 1.86. The molecule has 0 aliphatic carbocycles. The van der Waals surface area contributed by atoms with E-state index >= 15 is 0 Å². The van der Waals surface area contributed by atoms with E-state index in [0.29, 0.717) is 22.4 Å². The molecule has 0 radical (unpaired) electrons. The third-order valence-corrected chi connectivity index (χ3v) is 6.38. The van der Waals surface area contributed by atoms with Gasteiger partial charge in [0.1, 0.15) is 6.04 Å². The maximum atomic E-state index is 14.2. The van der Waals surface area contributed by atoms with Crippen LogP contribution in [0.3, 0.4) is 0 Å². The maximum Gasteiger partial charge on any atom is 0.263 e. The molecule has 0 bridgehead atoms. The molecule has 0 amide bonds. The van der Waals surface area contributed by atoms with Gasteiger partial charge >= 0.3 is 0 Å². The fraction of sp³-hybridized carbons (Fsp3) is 0.111. The molecule has 0 spiro atoms. The highest BCUT2D eigenvalue weighted by molar-refractivity contribution is 5.96. The number of fused-ring (bicyclic) bond motifs is 2. The zero-order valence-electron chi connectivity index (χ0n) is 20.1. The molecule has 6 aromatic rings. The highest BCUT2D eigenvalue weighted by Crippen LogP contribution is 2.31. The normalized spacial score (nSPS) is 12.0. The highest BCUT2D eigenvalue weighted by atomic mass is 16.1. The quantitative estimate of drug-likeness (QED) is 0.370. The fourth-order valence-electron chi connectivity index (χ4n) is 4.69. The number of anilines is 1. The van der Waals surface area contributed by atoms with Gasteiger partial charge in [-0.2, -0.15) is 10.2 Å². The van der Waals surface area contributed by atoms with Crippen molar-refractivity contribution in [2.24, 2.45) is 7.05 Å². The second-order valence-corrected chi connectivity index (χ2v) is 8.73. The first-order chi connectivity index (χ1) is 18.0. The number of benzene rings is 2. The molecular formula is C27H22N9O+. The number of pyridine rings is 1. The lowest BCUT2D eigenvalue weighted by Crippen LogP contribution is -2.27. The molecule has 0 aliphatic heterocycles. The molecule has 1 atom stereocenters. The van der Waals surface area contributed by atoms with Gasteiger partial charge in [-0.3, -0.25) is 19.4 Å². The molecule has 180 valence electrons. The third kappa shape index (κ3) is 3.70. The van der Waals surface area contributed by atoms with Gasteiger partial charge in [0.15, 0.2) is 5.52 Å². The van der Waals surface area contributed by atoms with Crippen molar-refractivity contribution in [1.82, 2.24) is 29.2 Å². The van der Waals surface area contributed by atoms with Crippen molar-refractivity contribution in [3.63, 3.8) is 0 Å². The van der Waals surface area contributed by atoms with Gasteiger partial charge in [-0.1, -0.05) is 41.0 Å². The molecule has 6 rings (SSSR count). The first-order valence-electron chi connectivity index (χ1n) is 11.7. The molecule has 0 saturated heterocycles. The minimum atomic E-state index is -0.324. The summed E-state index contributed by atoms with van der Waals surface area (Å²) >= 11 is 0. The lowest BCUT2D eigenvalue weighted by molar-refractivity contribution is -0.366. The molecule has 0 fully saturated rings. The van der Waals surface area contributed by atoms with E-state index in [1.165, 1.54) is 17.2 Å². The van der Waals surface area contributed by atoms with Gasteiger partial charge in [-0.15, -0.1) is 0 Å². The van der Waals surface area contributed by atoms with Crippen LogP contribution in [0.15, 0.2) is 84.3 Å². The van der Waals surface area contributed by atoms with E-state index in [0.717, 1.165) is 27.9 Å². The Kier molecular flexibility index (Phi) is 5.23. The van der Waals surface area contributed by atoms with Gasteiger partial charge in [0.25, 0.3) is 5.56 Å². The Morgan fingerprint density at radius 3 is 2.65 bits per heavy atom. The van der Waals surface area contributed by atoms with E-state index < -0.39 is 0 Å². The number of aromatic amines is 1. The number of nitrogens with zero attached hydrogens (tertiary/aromatic N) is 7. The summed E-state index contributed by atoms with van der Waals surface area (Å²) < 4.78 is 4.87. The van der Waals surface area contributed by atoms with Gasteiger partial charge < -0.3 is 0 Å². The van der Waals surface area contributed by atoms with Crippen LogP contribution in [-0.2, 0) is 7.05 Å². The smallest absolute Gasteiger partial charge is 0.263 e. The van der Waals surface area contributed by atoms with Crippen LogP contribution in [0.4, 0.5) is 11.5 Å². The standard InChI is InChI=1S/C27H21N9O/c1-17(33-26-25-22(28-2)14-31-36(25)32-16-29-26)23-12-18-8-7-11-21(19-13-30-34(3)15-19)24(18)27(37)35(23)20-9-5-4-6-10-20/h4-17H,1,3H3,(H,29,32,33)/p+1/t17-/m0/s1. The Labute approximate surface area is 211 Å². The second-order valence-electron chi connectivity index (χ2n) is 8.73. The zero-order valence-corrected chi connectivity index (χ0v) is 20.1. The van der Waals surface area contributed by atoms with Crippen molar-refractivity contribution >= 4 is 27.8 Å². The van der Waals surface area contributed by atoms with E-state index in [4.69, 9.17) is 6.57 Å². The summed E-state index contributed by atoms with van der Waals surface area (Å²) in [6.45, 7) is 9.47. The Balaban J connectivity index is 1.57. The van der Waals surface area contributed by atoms with Gasteiger partial charge in [0, 0.05) is 24.5 Å². The van der Waals surface area contributed by atoms with Crippen LogP contribution in [0.1, 0.15) is 18.7 Å². The number of para-hydroxylation sites is 1. The Hall–Kier alpha value is -5.30. The van der Waals surface area contributed by atoms with E-state index in [9.17, 15) is 4.79 Å². The average Bonchev–Trinajstić information content (AvgIpc) is 3.55. The summed E-state index contributed by atoms with van der Waals surface area (Å²) in [6, 6.07) is 17.1. The lowest BCUT2D eigenvalue weighted by Gasteiger charge is -2.20. The molecule has 2 N–H and O–H groups in total. The van der Waals surface area contributed by atoms with Crippen molar-refractivity contribution in [2.75, 3.05) is 5.32 Å². The molecule has 10 nitrogen and oxygen atoms in total. The van der Waals surface area contributed by atoms with E-state index in [1.54, 1.807) is 15.4 Å². The topological polar surface area (TPSA) is 101 Å². The monoisotopic (exact) mass is 488 g/mol. The number of aryl methyl sites for hydroxylation is 1. The highest BCUT2D eigenvalue weighted by Gasteiger charge is 2.23. The third-order valence-electron chi connectivity index (χ3n) is 6.38. The molecule has 37 heavy (non-hydrogen) atoms. The molecule has 4 heterocycles. The van der Waals surface area contributed by atoms with Crippen LogP contribution in [0.5, 0.6) is 0 Å². The molecule has 0 saturated carbocycles. The first-order valence-corrected chi connectivity index (χ1v) is 11.7. The average molecular weight is 489 g/mol. The summed E-state index contributed by atoms with van der Waals surface area (Å²) in [6.07, 6.45) is 6.66. The van der Waals surface area contributed by atoms with Gasteiger partial charge in [0.2, 0.25) is 17.8 Å². The summed E-state index contributed by atoms with van der Waals surface area (Å²) in [5, 5.41) is 17.5. The Bertz CT molecular complexity index is 1880. The minimum absolute atomic E-state index is 0.123. The minimum Gasteiger partial charge on any atom is -0.297 e. The van der Waals surface area contributed by atoms with E-state index in [1.807, 2.05) is 74.8 Å². The fourth-order valence-corrected chi connectivity index (χ4v) is 4.69. The molecule has 0 aliphatic rings. The molecular weight excluding hydrogens is 466 g/mol. The van der Waals surface area contributed by atoms with Crippen molar-refractivity contribution in [1.29, 1.82) is 0 Å². The number of rotatable bonds is 5.